The minimum absolute atomic E-state index is 0.123. The van der Waals surface area contributed by atoms with Gasteiger partial charge < -0.3 is 10.1 Å². The van der Waals surface area contributed by atoms with Crippen LogP contribution in [0.15, 0.2) is 72.4 Å². The Balaban J connectivity index is 1.64. The summed E-state index contributed by atoms with van der Waals surface area (Å²) in [5, 5.41) is 3.87. The predicted molar refractivity (Wildman–Crippen MR) is 99.8 cm³/mol. The van der Waals surface area contributed by atoms with Gasteiger partial charge in [0, 0.05) is 29.2 Å². The van der Waals surface area contributed by atoms with Crippen LogP contribution >= 0.6 is 11.6 Å². The Morgan fingerprint density at radius 1 is 1.16 bits per heavy atom. The first-order valence-electron chi connectivity index (χ1n) is 7.86. The lowest BCUT2D eigenvalue weighted by Crippen LogP contribution is -2.22. The molecule has 0 unspecified atom stereocenters. The highest BCUT2D eigenvalue weighted by atomic mass is 35.5. The molecule has 0 saturated heterocycles. The highest BCUT2D eigenvalue weighted by Gasteiger charge is 2.07. The molecule has 1 heterocycles. The van der Waals surface area contributed by atoms with Crippen molar-refractivity contribution in [3.63, 3.8) is 0 Å². The van der Waals surface area contributed by atoms with Gasteiger partial charge in [0.2, 0.25) is 0 Å². The fraction of sp³-hybridized carbons (Fsp3) is 0.100. The fourth-order valence-electron chi connectivity index (χ4n) is 2.43. The lowest BCUT2D eigenvalue weighted by Gasteiger charge is -2.08. The summed E-state index contributed by atoms with van der Waals surface area (Å²) in [5.41, 5.74) is 3.86. The Hall–Kier alpha value is -2.85. The Morgan fingerprint density at radius 2 is 2.08 bits per heavy atom. The van der Waals surface area contributed by atoms with Crippen LogP contribution in [-0.4, -0.2) is 17.5 Å². The first-order chi connectivity index (χ1) is 12.3. The molecule has 0 aliphatic rings. The molecule has 0 aliphatic heterocycles. The van der Waals surface area contributed by atoms with E-state index in [1.165, 1.54) is 5.54 Å². The molecule has 0 aliphatic carbocycles. The average Bonchev–Trinajstić information content (AvgIpc) is 2.66. The zero-order valence-corrected chi connectivity index (χ0v) is 14.2. The van der Waals surface area contributed by atoms with Gasteiger partial charge in [-0.2, -0.15) is 0 Å². The molecule has 0 atom stereocenters. The summed E-state index contributed by atoms with van der Waals surface area (Å²) < 4.78 is 5.54. The summed E-state index contributed by atoms with van der Waals surface area (Å²) in [7, 11) is 0. The highest BCUT2D eigenvalue weighted by Crippen LogP contribution is 2.15. The van der Waals surface area contributed by atoms with Crippen LogP contribution in [0.3, 0.4) is 0 Å². The van der Waals surface area contributed by atoms with Crippen molar-refractivity contribution in [2.24, 2.45) is 0 Å². The molecule has 0 bridgehead atoms. The molecule has 3 rings (SSSR count). The summed E-state index contributed by atoms with van der Waals surface area (Å²) in [6.45, 7) is 0.830. The third-order valence-corrected chi connectivity index (χ3v) is 3.83. The SMILES string of the molecule is O=C(NCc1cccc(OCC=CCl)c1)c1ccc2ncccc2c1. The van der Waals surface area contributed by atoms with Crippen molar-refractivity contribution in [3.8, 4) is 5.75 Å². The van der Waals surface area contributed by atoms with Crippen LogP contribution in [0.4, 0.5) is 0 Å². The van der Waals surface area contributed by atoms with Crippen molar-refractivity contribution < 1.29 is 9.53 Å². The molecule has 0 saturated carbocycles. The van der Waals surface area contributed by atoms with Crippen LogP contribution in [0.1, 0.15) is 15.9 Å². The van der Waals surface area contributed by atoms with Crippen molar-refractivity contribution in [2.75, 3.05) is 6.61 Å². The normalized spacial score (nSPS) is 10.9. The number of fused-ring (bicyclic) bond motifs is 1. The number of aromatic nitrogens is 1. The fourth-order valence-corrected chi connectivity index (χ4v) is 2.50. The maximum absolute atomic E-state index is 12.4. The van der Waals surface area contributed by atoms with E-state index < -0.39 is 0 Å². The molecule has 0 spiro atoms. The van der Waals surface area contributed by atoms with Gasteiger partial charge in [-0.05, 0) is 48.0 Å². The molecule has 25 heavy (non-hydrogen) atoms. The summed E-state index contributed by atoms with van der Waals surface area (Å²) in [5.74, 6) is 0.612. The molecule has 5 heteroatoms. The van der Waals surface area contributed by atoms with Gasteiger partial charge in [-0.3, -0.25) is 9.78 Å². The van der Waals surface area contributed by atoms with Crippen LogP contribution in [0, 0.1) is 0 Å². The van der Waals surface area contributed by atoms with Crippen LogP contribution in [0.5, 0.6) is 5.75 Å². The van der Waals surface area contributed by atoms with E-state index in [0.717, 1.165) is 22.2 Å². The number of carbonyl (C=O) groups is 1. The number of carbonyl (C=O) groups excluding carboxylic acids is 1. The van der Waals surface area contributed by atoms with E-state index in [1.807, 2.05) is 48.5 Å². The van der Waals surface area contributed by atoms with Crippen LogP contribution < -0.4 is 10.1 Å². The monoisotopic (exact) mass is 352 g/mol. The second kappa shape index (κ2) is 8.31. The molecule has 0 fully saturated rings. The Bertz CT molecular complexity index is 909. The van der Waals surface area contributed by atoms with Crippen molar-refractivity contribution in [3.05, 3.63) is 83.5 Å². The first-order valence-corrected chi connectivity index (χ1v) is 8.30. The molecular formula is C20H17ClN2O2. The number of hydrogen-bond donors (Lipinski definition) is 1. The van der Waals surface area contributed by atoms with Crippen molar-refractivity contribution in [1.82, 2.24) is 10.3 Å². The van der Waals surface area contributed by atoms with E-state index >= 15 is 0 Å². The smallest absolute Gasteiger partial charge is 0.251 e. The summed E-state index contributed by atoms with van der Waals surface area (Å²) in [6.07, 6.45) is 3.45. The number of pyridine rings is 1. The van der Waals surface area contributed by atoms with E-state index in [4.69, 9.17) is 16.3 Å². The molecule has 4 nitrogen and oxygen atoms in total. The molecule has 1 amide bonds. The Labute approximate surface area is 151 Å². The lowest BCUT2D eigenvalue weighted by molar-refractivity contribution is 0.0951. The van der Waals surface area contributed by atoms with Gasteiger partial charge in [0.05, 0.1) is 5.52 Å². The zero-order valence-electron chi connectivity index (χ0n) is 13.5. The first kappa shape index (κ1) is 17.0. The molecule has 1 N–H and O–H groups in total. The van der Waals surface area contributed by atoms with Crippen molar-refractivity contribution in [2.45, 2.75) is 6.54 Å². The number of amides is 1. The predicted octanol–water partition coefficient (Wildman–Crippen LogP) is 4.30. The van der Waals surface area contributed by atoms with Gasteiger partial charge in [-0.1, -0.05) is 29.8 Å². The van der Waals surface area contributed by atoms with E-state index in [0.29, 0.717) is 18.7 Å². The summed E-state index contributed by atoms with van der Waals surface area (Å²) in [4.78, 5) is 16.6. The van der Waals surface area contributed by atoms with E-state index in [1.54, 1.807) is 18.3 Å². The number of ether oxygens (including phenoxy) is 1. The number of halogens is 1. The minimum atomic E-state index is -0.123. The van der Waals surface area contributed by atoms with Crippen molar-refractivity contribution >= 4 is 28.4 Å². The maximum Gasteiger partial charge on any atom is 0.251 e. The Morgan fingerprint density at radius 3 is 2.96 bits per heavy atom. The molecule has 126 valence electrons. The topological polar surface area (TPSA) is 51.2 Å². The number of hydrogen-bond acceptors (Lipinski definition) is 3. The Kier molecular flexibility index (Phi) is 5.65. The standard InChI is InChI=1S/C20H17ClN2O2/c21-9-3-11-25-18-6-1-4-15(12-18)14-23-20(24)17-7-8-19-16(13-17)5-2-10-22-19/h1-10,12-13H,11,14H2,(H,23,24). The molecule has 3 aromatic rings. The van der Waals surface area contributed by atoms with Crippen LogP contribution in [0.2, 0.25) is 0 Å². The molecule has 1 aromatic heterocycles. The summed E-state index contributed by atoms with van der Waals surface area (Å²) >= 11 is 5.47. The summed E-state index contributed by atoms with van der Waals surface area (Å²) in [6, 6.07) is 16.9. The maximum atomic E-state index is 12.4. The second-order valence-electron chi connectivity index (χ2n) is 5.41. The van der Waals surface area contributed by atoms with Crippen LogP contribution in [0.25, 0.3) is 10.9 Å². The largest absolute Gasteiger partial charge is 0.489 e. The number of benzene rings is 2. The van der Waals surface area contributed by atoms with Gasteiger partial charge in [-0.15, -0.1) is 0 Å². The van der Waals surface area contributed by atoms with Gasteiger partial charge in [0.15, 0.2) is 0 Å². The molecule has 2 aromatic carbocycles. The van der Waals surface area contributed by atoms with Gasteiger partial charge >= 0.3 is 0 Å². The quantitative estimate of drug-likeness (QED) is 0.719. The zero-order chi connectivity index (χ0) is 17.5. The van der Waals surface area contributed by atoms with E-state index in [2.05, 4.69) is 10.3 Å². The van der Waals surface area contributed by atoms with Gasteiger partial charge in [0.1, 0.15) is 12.4 Å². The van der Waals surface area contributed by atoms with Crippen LogP contribution in [-0.2, 0) is 6.54 Å². The van der Waals surface area contributed by atoms with Gasteiger partial charge in [0.25, 0.3) is 5.91 Å². The van der Waals surface area contributed by atoms with Crippen molar-refractivity contribution in [1.29, 1.82) is 0 Å². The molecular weight excluding hydrogens is 336 g/mol. The number of rotatable bonds is 6. The van der Waals surface area contributed by atoms with E-state index in [9.17, 15) is 4.79 Å². The highest BCUT2D eigenvalue weighted by molar-refractivity contribution is 6.25. The third-order valence-electron chi connectivity index (χ3n) is 3.65. The number of nitrogens with zero attached hydrogens (tertiary/aromatic N) is 1. The lowest BCUT2D eigenvalue weighted by atomic mass is 10.1. The molecule has 0 radical (unpaired) electrons. The third kappa shape index (κ3) is 4.58. The second-order valence-corrected chi connectivity index (χ2v) is 5.67. The van der Waals surface area contributed by atoms with E-state index in [-0.39, 0.29) is 5.91 Å². The van der Waals surface area contributed by atoms with Gasteiger partial charge in [-0.25, -0.2) is 0 Å². The minimum Gasteiger partial charge on any atom is -0.489 e. The number of nitrogens with one attached hydrogen (secondary N) is 1. The average molecular weight is 353 g/mol.